The first kappa shape index (κ1) is 16.1. The molecule has 2 nitrogen and oxygen atoms in total. The van der Waals surface area contributed by atoms with Gasteiger partial charge in [0.25, 0.3) is 5.91 Å². The van der Waals surface area contributed by atoms with E-state index in [1.807, 2.05) is 0 Å². The van der Waals surface area contributed by atoms with E-state index in [1.165, 1.54) is 4.90 Å². The number of nitrogens with zero attached hydrogens (tertiary/aromatic N) is 1. The Morgan fingerprint density at radius 2 is 2.00 bits per heavy atom. The van der Waals surface area contributed by atoms with Crippen molar-refractivity contribution in [2.45, 2.75) is 31.5 Å². The van der Waals surface area contributed by atoms with Crippen LogP contribution in [0.3, 0.4) is 0 Å². The van der Waals surface area contributed by atoms with Gasteiger partial charge in [0.2, 0.25) is 0 Å². The Hall–Kier alpha value is -1.30. The van der Waals surface area contributed by atoms with E-state index in [1.54, 1.807) is 0 Å². The lowest BCUT2D eigenvalue weighted by molar-refractivity contribution is -0.137. The van der Waals surface area contributed by atoms with Gasteiger partial charge in [-0.3, -0.25) is 4.79 Å². The molecule has 1 fully saturated rings. The predicted octanol–water partition coefficient (Wildman–Crippen LogP) is 4.08. The molecule has 0 atom stereocenters. The highest BCUT2D eigenvalue weighted by Gasteiger charge is 2.34. The third-order valence-electron chi connectivity index (χ3n) is 3.63. The highest BCUT2D eigenvalue weighted by Crippen LogP contribution is 2.32. The van der Waals surface area contributed by atoms with Crippen LogP contribution in [0.1, 0.15) is 35.2 Å². The number of rotatable bonds is 4. The molecule has 0 aromatic heterocycles. The number of halogens is 5. The zero-order valence-corrected chi connectivity index (χ0v) is 11.8. The molecule has 0 radical (unpaired) electrons. The second kappa shape index (κ2) is 6.22. The number of benzene rings is 1. The molecule has 1 aromatic rings. The Morgan fingerprint density at radius 3 is 2.48 bits per heavy atom. The first-order valence-electron chi connectivity index (χ1n) is 6.58. The summed E-state index contributed by atoms with van der Waals surface area (Å²) in [6.45, 7) is 0.195. The second-order valence-electron chi connectivity index (χ2n) is 4.96. The van der Waals surface area contributed by atoms with Crippen LogP contribution in [0.4, 0.5) is 17.6 Å². The Morgan fingerprint density at radius 1 is 1.33 bits per heavy atom. The van der Waals surface area contributed by atoms with Crippen LogP contribution in [0.15, 0.2) is 18.2 Å². The SMILES string of the molecule is O=C(c1cc(C(F)(F)F)ccc1F)N(CCCl)C1CCC1. The van der Waals surface area contributed by atoms with E-state index in [2.05, 4.69) is 0 Å². The number of hydrogen-bond donors (Lipinski definition) is 0. The largest absolute Gasteiger partial charge is 0.416 e. The van der Waals surface area contributed by atoms with Crippen LogP contribution in [0.5, 0.6) is 0 Å². The summed E-state index contributed by atoms with van der Waals surface area (Å²) < 4.78 is 51.8. The fourth-order valence-electron chi connectivity index (χ4n) is 2.26. The lowest BCUT2D eigenvalue weighted by Gasteiger charge is -2.37. The van der Waals surface area contributed by atoms with Crippen molar-refractivity contribution in [2.24, 2.45) is 0 Å². The van der Waals surface area contributed by atoms with Crippen molar-refractivity contribution in [3.05, 3.63) is 35.1 Å². The average molecular weight is 324 g/mol. The topological polar surface area (TPSA) is 20.3 Å². The van der Waals surface area contributed by atoms with Gasteiger partial charge in [-0.2, -0.15) is 13.2 Å². The summed E-state index contributed by atoms with van der Waals surface area (Å²) in [5.41, 5.74) is -1.59. The Balaban J connectivity index is 2.32. The normalized spacial score (nSPS) is 15.7. The summed E-state index contributed by atoms with van der Waals surface area (Å²) >= 11 is 5.63. The highest BCUT2D eigenvalue weighted by molar-refractivity contribution is 6.18. The predicted molar refractivity (Wildman–Crippen MR) is 70.8 cm³/mol. The molecule has 0 aliphatic heterocycles. The van der Waals surface area contributed by atoms with Gasteiger partial charge in [-0.05, 0) is 37.5 Å². The van der Waals surface area contributed by atoms with Gasteiger partial charge in [0.05, 0.1) is 11.1 Å². The number of alkyl halides is 4. The summed E-state index contributed by atoms with van der Waals surface area (Å²) in [7, 11) is 0. The number of carbonyl (C=O) groups is 1. The Labute approximate surface area is 124 Å². The van der Waals surface area contributed by atoms with Gasteiger partial charge in [0.1, 0.15) is 5.82 Å². The minimum Gasteiger partial charge on any atom is -0.334 e. The third-order valence-corrected chi connectivity index (χ3v) is 3.79. The molecule has 2 rings (SSSR count). The van der Waals surface area contributed by atoms with Gasteiger partial charge in [0.15, 0.2) is 0 Å². The molecule has 1 saturated carbocycles. The zero-order valence-electron chi connectivity index (χ0n) is 11.1. The molecule has 7 heteroatoms. The standard InChI is InChI=1S/C14H14ClF4NO/c15-6-7-20(10-2-1-3-10)13(21)11-8-9(14(17,18)19)4-5-12(11)16/h4-5,8,10H,1-3,6-7H2. The van der Waals surface area contributed by atoms with Gasteiger partial charge >= 0.3 is 6.18 Å². The van der Waals surface area contributed by atoms with Crippen molar-refractivity contribution >= 4 is 17.5 Å². The van der Waals surface area contributed by atoms with Gasteiger partial charge in [0, 0.05) is 18.5 Å². The lowest BCUT2D eigenvalue weighted by Crippen LogP contribution is -2.45. The molecular weight excluding hydrogens is 310 g/mol. The highest BCUT2D eigenvalue weighted by atomic mass is 35.5. The summed E-state index contributed by atoms with van der Waals surface area (Å²) in [6.07, 6.45) is -2.13. The maximum Gasteiger partial charge on any atom is 0.416 e. The minimum absolute atomic E-state index is 0.0646. The lowest BCUT2D eigenvalue weighted by atomic mass is 9.91. The monoisotopic (exact) mass is 323 g/mol. The second-order valence-corrected chi connectivity index (χ2v) is 5.34. The van der Waals surface area contributed by atoms with Crippen molar-refractivity contribution < 1.29 is 22.4 Å². The number of amides is 1. The van der Waals surface area contributed by atoms with E-state index in [0.717, 1.165) is 19.3 Å². The first-order valence-corrected chi connectivity index (χ1v) is 7.11. The molecule has 0 N–H and O–H groups in total. The Bertz CT molecular complexity index is 528. The quantitative estimate of drug-likeness (QED) is 0.604. The molecule has 1 amide bonds. The van der Waals surface area contributed by atoms with Crippen molar-refractivity contribution in [3.8, 4) is 0 Å². The molecule has 116 valence electrons. The molecule has 0 heterocycles. The maximum atomic E-state index is 13.7. The summed E-state index contributed by atoms with van der Waals surface area (Å²) in [6, 6.07) is 1.81. The molecule has 0 unspecified atom stereocenters. The molecular formula is C14H14ClF4NO. The van der Waals surface area contributed by atoms with Crippen LogP contribution in [0.2, 0.25) is 0 Å². The van der Waals surface area contributed by atoms with E-state index < -0.39 is 29.0 Å². The molecule has 1 aliphatic carbocycles. The van der Waals surface area contributed by atoms with Crippen LogP contribution in [0.25, 0.3) is 0 Å². The van der Waals surface area contributed by atoms with Gasteiger partial charge in [-0.1, -0.05) is 0 Å². The fourth-order valence-corrected chi connectivity index (χ4v) is 2.44. The van der Waals surface area contributed by atoms with Crippen LogP contribution < -0.4 is 0 Å². The van der Waals surface area contributed by atoms with E-state index in [4.69, 9.17) is 11.6 Å². The maximum absolute atomic E-state index is 13.7. The third kappa shape index (κ3) is 3.48. The van der Waals surface area contributed by atoms with E-state index in [-0.39, 0.29) is 18.5 Å². The molecule has 0 saturated heterocycles. The Kier molecular flexibility index (Phi) is 4.76. The zero-order chi connectivity index (χ0) is 15.6. The van der Waals surface area contributed by atoms with Crippen molar-refractivity contribution in [2.75, 3.05) is 12.4 Å². The van der Waals surface area contributed by atoms with Gasteiger partial charge < -0.3 is 4.90 Å². The number of carbonyl (C=O) groups excluding carboxylic acids is 1. The summed E-state index contributed by atoms with van der Waals surface area (Å²) in [5, 5.41) is 0. The molecule has 1 aromatic carbocycles. The molecule has 21 heavy (non-hydrogen) atoms. The molecule has 0 spiro atoms. The summed E-state index contributed by atoms with van der Waals surface area (Å²) in [5.74, 6) is -1.53. The summed E-state index contributed by atoms with van der Waals surface area (Å²) in [4.78, 5) is 13.7. The molecule has 0 bridgehead atoms. The minimum atomic E-state index is -4.61. The average Bonchev–Trinajstić information content (AvgIpc) is 2.34. The smallest absolute Gasteiger partial charge is 0.334 e. The molecule has 1 aliphatic rings. The van der Waals surface area contributed by atoms with E-state index in [9.17, 15) is 22.4 Å². The van der Waals surface area contributed by atoms with E-state index >= 15 is 0 Å². The van der Waals surface area contributed by atoms with Crippen LogP contribution in [-0.4, -0.2) is 29.3 Å². The van der Waals surface area contributed by atoms with Gasteiger partial charge in [-0.25, -0.2) is 4.39 Å². The first-order chi connectivity index (χ1) is 9.84. The van der Waals surface area contributed by atoms with E-state index in [0.29, 0.717) is 18.2 Å². The van der Waals surface area contributed by atoms with Crippen molar-refractivity contribution in [1.82, 2.24) is 4.90 Å². The fraction of sp³-hybridized carbons (Fsp3) is 0.500. The van der Waals surface area contributed by atoms with Gasteiger partial charge in [-0.15, -0.1) is 11.6 Å². The number of hydrogen-bond acceptors (Lipinski definition) is 1. The van der Waals surface area contributed by atoms with Crippen LogP contribution in [-0.2, 0) is 6.18 Å². The van der Waals surface area contributed by atoms with Crippen LogP contribution >= 0.6 is 11.6 Å². The van der Waals surface area contributed by atoms with Crippen LogP contribution in [0, 0.1) is 5.82 Å². The van der Waals surface area contributed by atoms with Crippen molar-refractivity contribution in [1.29, 1.82) is 0 Å². The van der Waals surface area contributed by atoms with Crippen molar-refractivity contribution in [3.63, 3.8) is 0 Å².